The van der Waals surface area contributed by atoms with Crippen LogP contribution in [-0.4, -0.2) is 36.1 Å². The molecule has 1 fully saturated rings. The molecule has 3 unspecified atom stereocenters. The van der Waals surface area contributed by atoms with Gasteiger partial charge in [-0.25, -0.2) is 4.39 Å². The minimum Gasteiger partial charge on any atom is -0.311 e. The van der Waals surface area contributed by atoms with Crippen molar-refractivity contribution in [2.45, 2.75) is 51.7 Å². The van der Waals surface area contributed by atoms with Crippen molar-refractivity contribution in [3.63, 3.8) is 0 Å². The highest BCUT2D eigenvalue weighted by Crippen LogP contribution is 2.17. The van der Waals surface area contributed by atoms with Crippen LogP contribution in [0, 0.1) is 5.82 Å². The Morgan fingerprint density at radius 3 is 2.68 bits per heavy atom. The average Bonchev–Trinajstić information content (AvgIpc) is 2.41. The lowest BCUT2D eigenvalue weighted by Crippen LogP contribution is -2.58. The van der Waals surface area contributed by atoms with Crippen molar-refractivity contribution in [2.75, 3.05) is 13.1 Å². The fourth-order valence-corrected chi connectivity index (χ4v) is 2.98. The first-order valence-corrected chi connectivity index (χ1v) is 7.33. The Morgan fingerprint density at radius 1 is 1.37 bits per heavy atom. The predicted molar refractivity (Wildman–Crippen MR) is 77.8 cm³/mol. The fraction of sp³-hybridized carbons (Fsp3) is 0.625. The van der Waals surface area contributed by atoms with Gasteiger partial charge in [0.15, 0.2) is 0 Å². The van der Waals surface area contributed by atoms with E-state index >= 15 is 0 Å². The third-order valence-electron chi connectivity index (χ3n) is 4.14. The third kappa shape index (κ3) is 3.77. The first-order valence-electron chi connectivity index (χ1n) is 7.33. The predicted octanol–water partition coefficient (Wildman–Crippen LogP) is 2.83. The number of halogens is 1. The highest BCUT2D eigenvalue weighted by Gasteiger charge is 2.28. The van der Waals surface area contributed by atoms with E-state index in [0.717, 1.165) is 19.5 Å². The number of piperazine rings is 1. The largest absolute Gasteiger partial charge is 0.311 e. The van der Waals surface area contributed by atoms with E-state index in [4.69, 9.17) is 0 Å². The van der Waals surface area contributed by atoms with E-state index in [2.05, 4.69) is 31.0 Å². The molecule has 0 bridgehead atoms. The monoisotopic (exact) mass is 264 g/mol. The summed E-state index contributed by atoms with van der Waals surface area (Å²) >= 11 is 0. The molecule has 2 nitrogen and oxygen atoms in total. The van der Waals surface area contributed by atoms with Gasteiger partial charge in [-0.1, -0.05) is 19.1 Å². The molecule has 1 aliphatic heterocycles. The van der Waals surface area contributed by atoms with Crippen molar-refractivity contribution >= 4 is 0 Å². The molecule has 0 aliphatic carbocycles. The van der Waals surface area contributed by atoms with Crippen LogP contribution < -0.4 is 5.32 Å². The Labute approximate surface area is 116 Å². The van der Waals surface area contributed by atoms with Gasteiger partial charge in [0.25, 0.3) is 0 Å². The van der Waals surface area contributed by atoms with Crippen molar-refractivity contribution in [2.24, 2.45) is 0 Å². The standard InChI is InChI=1S/C16H25FN2/c1-4-16-10-18-12(2)11-19(16)13(3)9-14-5-7-15(17)8-6-14/h5-8,12-13,16,18H,4,9-11H2,1-3H3. The number of hydrogen-bond acceptors (Lipinski definition) is 2. The van der Waals surface area contributed by atoms with E-state index in [1.807, 2.05) is 12.1 Å². The zero-order valence-electron chi connectivity index (χ0n) is 12.2. The summed E-state index contributed by atoms with van der Waals surface area (Å²) in [6.07, 6.45) is 2.16. The summed E-state index contributed by atoms with van der Waals surface area (Å²) < 4.78 is 12.9. The summed E-state index contributed by atoms with van der Waals surface area (Å²) in [5, 5.41) is 3.55. The van der Waals surface area contributed by atoms with Gasteiger partial charge in [-0.3, -0.25) is 4.90 Å². The smallest absolute Gasteiger partial charge is 0.123 e. The van der Waals surface area contributed by atoms with Crippen LogP contribution in [0.2, 0.25) is 0 Å². The molecular weight excluding hydrogens is 239 g/mol. The van der Waals surface area contributed by atoms with E-state index in [0.29, 0.717) is 18.1 Å². The van der Waals surface area contributed by atoms with Gasteiger partial charge in [-0.2, -0.15) is 0 Å². The Balaban J connectivity index is 2.00. The molecule has 1 aliphatic rings. The van der Waals surface area contributed by atoms with Gasteiger partial charge >= 0.3 is 0 Å². The van der Waals surface area contributed by atoms with Gasteiger partial charge in [0.1, 0.15) is 5.82 Å². The van der Waals surface area contributed by atoms with Crippen LogP contribution >= 0.6 is 0 Å². The lowest BCUT2D eigenvalue weighted by Gasteiger charge is -2.42. The molecule has 1 aromatic rings. The highest BCUT2D eigenvalue weighted by molar-refractivity contribution is 5.17. The molecule has 0 aromatic heterocycles. The van der Waals surface area contributed by atoms with Crippen molar-refractivity contribution in [1.29, 1.82) is 0 Å². The number of benzene rings is 1. The molecule has 0 saturated carbocycles. The molecule has 0 spiro atoms. The van der Waals surface area contributed by atoms with Crippen molar-refractivity contribution in [3.8, 4) is 0 Å². The second kappa shape index (κ2) is 6.49. The first kappa shape index (κ1) is 14.5. The molecule has 1 heterocycles. The van der Waals surface area contributed by atoms with E-state index in [-0.39, 0.29) is 5.82 Å². The molecule has 106 valence electrons. The molecule has 3 heteroatoms. The minimum absolute atomic E-state index is 0.154. The first-order chi connectivity index (χ1) is 9.10. The summed E-state index contributed by atoms with van der Waals surface area (Å²) in [4.78, 5) is 2.60. The molecule has 19 heavy (non-hydrogen) atoms. The second-order valence-corrected chi connectivity index (χ2v) is 5.75. The van der Waals surface area contributed by atoms with Crippen LogP contribution in [0.3, 0.4) is 0 Å². The quantitative estimate of drug-likeness (QED) is 0.899. The SMILES string of the molecule is CCC1CNC(C)CN1C(C)Cc1ccc(F)cc1. The van der Waals surface area contributed by atoms with E-state index in [1.54, 1.807) is 12.1 Å². The number of rotatable bonds is 4. The number of nitrogens with zero attached hydrogens (tertiary/aromatic N) is 1. The van der Waals surface area contributed by atoms with Crippen LogP contribution in [0.25, 0.3) is 0 Å². The second-order valence-electron chi connectivity index (χ2n) is 5.75. The molecule has 0 amide bonds. The van der Waals surface area contributed by atoms with Crippen molar-refractivity contribution in [3.05, 3.63) is 35.6 Å². The summed E-state index contributed by atoms with van der Waals surface area (Å²) in [5.41, 5.74) is 1.22. The van der Waals surface area contributed by atoms with Gasteiger partial charge in [-0.15, -0.1) is 0 Å². The van der Waals surface area contributed by atoms with Gasteiger partial charge in [-0.05, 0) is 44.4 Å². The zero-order chi connectivity index (χ0) is 13.8. The normalized spacial score (nSPS) is 26.3. The minimum atomic E-state index is -0.154. The van der Waals surface area contributed by atoms with Gasteiger partial charge < -0.3 is 5.32 Å². The maximum Gasteiger partial charge on any atom is 0.123 e. The van der Waals surface area contributed by atoms with Gasteiger partial charge in [0.2, 0.25) is 0 Å². The average molecular weight is 264 g/mol. The van der Waals surface area contributed by atoms with Crippen molar-refractivity contribution < 1.29 is 4.39 Å². The third-order valence-corrected chi connectivity index (χ3v) is 4.14. The Kier molecular flexibility index (Phi) is 4.94. The molecule has 1 aromatic carbocycles. The van der Waals surface area contributed by atoms with Crippen LogP contribution in [0.15, 0.2) is 24.3 Å². The summed E-state index contributed by atoms with van der Waals surface area (Å²) in [6.45, 7) is 8.94. The molecule has 0 radical (unpaired) electrons. The molecule has 1 N–H and O–H groups in total. The van der Waals surface area contributed by atoms with Crippen LogP contribution in [-0.2, 0) is 6.42 Å². The number of hydrogen-bond donors (Lipinski definition) is 1. The summed E-state index contributed by atoms with van der Waals surface area (Å²) in [7, 11) is 0. The van der Waals surface area contributed by atoms with Gasteiger partial charge in [0, 0.05) is 31.2 Å². The fourth-order valence-electron chi connectivity index (χ4n) is 2.98. The Hall–Kier alpha value is -0.930. The molecule has 2 rings (SSSR count). The summed E-state index contributed by atoms with van der Waals surface area (Å²) in [5.74, 6) is -0.154. The van der Waals surface area contributed by atoms with Crippen LogP contribution in [0.5, 0.6) is 0 Å². The highest BCUT2D eigenvalue weighted by atomic mass is 19.1. The van der Waals surface area contributed by atoms with E-state index in [9.17, 15) is 4.39 Å². The van der Waals surface area contributed by atoms with Crippen LogP contribution in [0.1, 0.15) is 32.8 Å². The molecular formula is C16H25FN2. The number of nitrogens with one attached hydrogen (secondary N) is 1. The lowest BCUT2D eigenvalue weighted by atomic mass is 10.00. The Morgan fingerprint density at radius 2 is 2.05 bits per heavy atom. The topological polar surface area (TPSA) is 15.3 Å². The van der Waals surface area contributed by atoms with E-state index in [1.165, 1.54) is 12.0 Å². The van der Waals surface area contributed by atoms with Crippen molar-refractivity contribution in [1.82, 2.24) is 10.2 Å². The molecule has 1 saturated heterocycles. The van der Waals surface area contributed by atoms with E-state index < -0.39 is 0 Å². The lowest BCUT2D eigenvalue weighted by molar-refractivity contribution is 0.0905. The molecule has 3 atom stereocenters. The van der Waals surface area contributed by atoms with Crippen LogP contribution in [0.4, 0.5) is 4.39 Å². The maximum absolute atomic E-state index is 12.9. The zero-order valence-corrected chi connectivity index (χ0v) is 12.2. The maximum atomic E-state index is 12.9. The van der Waals surface area contributed by atoms with Gasteiger partial charge in [0.05, 0.1) is 0 Å². The Bertz CT molecular complexity index is 390. The summed E-state index contributed by atoms with van der Waals surface area (Å²) in [6, 6.07) is 8.58.